The summed E-state index contributed by atoms with van der Waals surface area (Å²) in [5, 5.41) is 0.0680. The highest BCUT2D eigenvalue weighted by Crippen LogP contribution is 2.35. The zero-order valence-electron chi connectivity index (χ0n) is 12.3. The maximum atomic E-state index is 12.3. The predicted molar refractivity (Wildman–Crippen MR) is 77.9 cm³/mol. The molecule has 0 N–H and O–H groups in total. The van der Waals surface area contributed by atoms with Crippen LogP contribution in [0.3, 0.4) is 0 Å². The van der Waals surface area contributed by atoms with Gasteiger partial charge in [0.05, 0.1) is 5.25 Å². The van der Waals surface area contributed by atoms with E-state index < -0.39 is 0 Å². The van der Waals surface area contributed by atoms with E-state index in [9.17, 15) is 9.59 Å². The van der Waals surface area contributed by atoms with Crippen LogP contribution in [-0.4, -0.2) is 23.1 Å². The zero-order chi connectivity index (χ0) is 13.9. The Hall–Kier alpha value is -0.310. The molecule has 1 aliphatic carbocycles. The van der Waals surface area contributed by atoms with E-state index in [1.165, 1.54) is 0 Å². The first kappa shape index (κ1) is 15.7. The average Bonchev–Trinajstić information content (AvgIpc) is 2.35. The van der Waals surface area contributed by atoms with Gasteiger partial charge in [0, 0.05) is 17.3 Å². The van der Waals surface area contributed by atoms with Crippen LogP contribution in [0.5, 0.6) is 0 Å². The molecule has 1 rings (SSSR count). The predicted octanol–water partition coefficient (Wildman–Crippen LogP) is 3.73. The molecule has 0 heterocycles. The van der Waals surface area contributed by atoms with E-state index in [1.807, 2.05) is 34.0 Å². The standard InChI is InChI=1S/C15H26O2S/c1-10(18-5)13(16)11-7-6-8-12(9-11)14(17)15(2,3)4/h10-12H,6-9H2,1-5H3/t10?,11-,12-/m1/s1. The first-order valence-corrected chi connectivity index (χ1v) is 8.17. The topological polar surface area (TPSA) is 34.1 Å². The average molecular weight is 270 g/mol. The smallest absolute Gasteiger partial charge is 0.148 e. The Morgan fingerprint density at radius 1 is 1.17 bits per heavy atom. The number of carbonyl (C=O) groups is 2. The number of carbonyl (C=O) groups excluding carboxylic acids is 2. The van der Waals surface area contributed by atoms with Gasteiger partial charge in [0.25, 0.3) is 0 Å². The van der Waals surface area contributed by atoms with Crippen LogP contribution < -0.4 is 0 Å². The van der Waals surface area contributed by atoms with Crippen molar-refractivity contribution in [1.82, 2.24) is 0 Å². The zero-order valence-corrected chi connectivity index (χ0v) is 13.1. The number of rotatable bonds is 4. The summed E-state index contributed by atoms with van der Waals surface area (Å²) in [7, 11) is 0. The van der Waals surface area contributed by atoms with Crippen molar-refractivity contribution in [3.63, 3.8) is 0 Å². The number of ketones is 2. The van der Waals surface area contributed by atoms with Gasteiger partial charge < -0.3 is 0 Å². The molecule has 0 spiro atoms. The van der Waals surface area contributed by atoms with Gasteiger partial charge in [0.1, 0.15) is 11.6 Å². The largest absolute Gasteiger partial charge is 0.299 e. The third kappa shape index (κ3) is 3.84. The first-order valence-electron chi connectivity index (χ1n) is 6.88. The van der Waals surface area contributed by atoms with Crippen LogP contribution in [0.25, 0.3) is 0 Å². The van der Waals surface area contributed by atoms with Crippen LogP contribution in [-0.2, 0) is 9.59 Å². The van der Waals surface area contributed by atoms with E-state index in [4.69, 9.17) is 0 Å². The molecule has 18 heavy (non-hydrogen) atoms. The van der Waals surface area contributed by atoms with Crippen molar-refractivity contribution in [2.75, 3.05) is 6.26 Å². The van der Waals surface area contributed by atoms with Crippen LogP contribution in [0.4, 0.5) is 0 Å². The van der Waals surface area contributed by atoms with Gasteiger partial charge in [-0.25, -0.2) is 0 Å². The van der Waals surface area contributed by atoms with E-state index >= 15 is 0 Å². The Morgan fingerprint density at radius 3 is 2.22 bits per heavy atom. The molecule has 104 valence electrons. The van der Waals surface area contributed by atoms with Crippen LogP contribution >= 0.6 is 11.8 Å². The highest BCUT2D eigenvalue weighted by Gasteiger charge is 2.36. The lowest BCUT2D eigenvalue weighted by molar-refractivity contribution is -0.133. The van der Waals surface area contributed by atoms with Crippen LogP contribution in [0.15, 0.2) is 0 Å². The molecule has 0 aliphatic heterocycles. The SMILES string of the molecule is CSC(C)C(=O)[C@@H]1CCC[C@@H](C(=O)C(C)(C)C)C1. The number of thioether (sulfide) groups is 1. The monoisotopic (exact) mass is 270 g/mol. The minimum absolute atomic E-state index is 0.0680. The second kappa shape index (κ2) is 6.23. The normalized spacial score (nSPS) is 26.7. The molecule has 0 radical (unpaired) electrons. The van der Waals surface area contributed by atoms with Crippen molar-refractivity contribution in [3.8, 4) is 0 Å². The lowest BCUT2D eigenvalue weighted by Gasteiger charge is -2.32. The minimum atomic E-state index is -0.277. The molecular formula is C15H26O2S. The third-order valence-electron chi connectivity index (χ3n) is 3.94. The molecule has 0 bridgehead atoms. The van der Waals surface area contributed by atoms with Gasteiger partial charge in [0.15, 0.2) is 0 Å². The van der Waals surface area contributed by atoms with Crippen molar-refractivity contribution in [3.05, 3.63) is 0 Å². The second-order valence-corrected chi connectivity index (χ2v) is 7.63. The summed E-state index contributed by atoms with van der Waals surface area (Å²) >= 11 is 1.61. The molecule has 1 unspecified atom stereocenters. The van der Waals surface area contributed by atoms with Crippen molar-refractivity contribution in [2.45, 2.75) is 58.6 Å². The van der Waals surface area contributed by atoms with Gasteiger partial charge in [-0.2, -0.15) is 11.8 Å². The molecule has 3 atom stereocenters. The van der Waals surface area contributed by atoms with Crippen LogP contribution in [0.2, 0.25) is 0 Å². The molecule has 3 heteroatoms. The number of hydrogen-bond acceptors (Lipinski definition) is 3. The van der Waals surface area contributed by atoms with Crippen molar-refractivity contribution in [1.29, 1.82) is 0 Å². The van der Waals surface area contributed by atoms with Gasteiger partial charge in [-0.15, -0.1) is 0 Å². The number of Topliss-reactive ketones (excluding diaryl/α,β-unsaturated/α-hetero) is 2. The van der Waals surface area contributed by atoms with Crippen molar-refractivity contribution < 1.29 is 9.59 Å². The molecule has 0 aromatic rings. The fourth-order valence-corrected chi connectivity index (χ4v) is 3.17. The first-order chi connectivity index (χ1) is 8.27. The van der Waals surface area contributed by atoms with E-state index in [2.05, 4.69) is 0 Å². The molecule has 0 amide bonds. The molecule has 0 aromatic heterocycles. The van der Waals surface area contributed by atoms with Gasteiger partial charge in [-0.1, -0.05) is 27.2 Å². The summed E-state index contributed by atoms with van der Waals surface area (Å²) in [6.45, 7) is 7.91. The molecular weight excluding hydrogens is 244 g/mol. The minimum Gasteiger partial charge on any atom is -0.299 e. The summed E-state index contributed by atoms with van der Waals surface area (Å²) in [4.78, 5) is 24.5. The summed E-state index contributed by atoms with van der Waals surface area (Å²) < 4.78 is 0. The van der Waals surface area contributed by atoms with E-state index in [0.29, 0.717) is 11.6 Å². The summed E-state index contributed by atoms with van der Waals surface area (Å²) in [6, 6.07) is 0. The Labute approximate surface area is 115 Å². The Kier molecular flexibility index (Phi) is 5.45. The van der Waals surface area contributed by atoms with Gasteiger partial charge in [-0.05, 0) is 32.4 Å². The quantitative estimate of drug-likeness (QED) is 0.780. The van der Waals surface area contributed by atoms with E-state index in [-0.39, 0.29) is 22.5 Å². The maximum Gasteiger partial charge on any atom is 0.148 e. The third-order valence-corrected chi connectivity index (χ3v) is 4.88. The molecule has 1 saturated carbocycles. The Morgan fingerprint density at radius 2 is 1.72 bits per heavy atom. The van der Waals surface area contributed by atoms with E-state index in [1.54, 1.807) is 11.8 Å². The van der Waals surface area contributed by atoms with Crippen molar-refractivity contribution >= 4 is 23.3 Å². The Bertz CT molecular complexity index is 317. The van der Waals surface area contributed by atoms with Gasteiger partial charge in [-0.3, -0.25) is 9.59 Å². The van der Waals surface area contributed by atoms with Crippen LogP contribution in [0, 0.1) is 17.3 Å². The van der Waals surface area contributed by atoms with Crippen LogP contribution in [0.1, 0.15) is 53.4 Å². The summed E-state index contributed by atoms with van der Waals surface area (Å²) in [6.07, 6.45) is 5.71. The van der Waals surface area contributed by atoms with Gasteiger partial charge in [0.2, 0.25) is 0 Å². The van der Waals surface area contributed by atoms with Crippen molar-refractivity contribution in [2.24, 2.45) is 17.3 Å². The Balaban J connectivity index is 2.67. The van der Waals surface area contributed by atoms with Gasteiger partial charge >= 0.3 is 0 Å². The second-order valence-electron chi connectivity index (χ2n) is 6.46. The fraction of sp³-hybridized carbons (Fsp3) is 0.867. The molecule has 1 aliphatic rings. The summed E-state index contributed by atoms with van der Waals surface area (Å²) in [5.74, 6) is 0.880. The molecule has 0 aromatic carbocycles. The highest BCUT2D eigenvalue weighted by atomic mass is 32.2. The molecule has 0 saturated heterocycles. The fourth-order valence-electron chi connectivity index (χ4n) is 2.75. The number of hydrogen-bond donors (Lipinski definition) is 0. The highest BCUT2D eigenvalue weighted by molar-refractivity contribution is 7.99. The van der Waals surface area contributed by atoms with E-state index in [0.717, 1.165) is 25.7 Å². The molecule has 1 fully saturated rings. The summed E-state index contributed by atoms with van der Waals surface area (Å²) in [5.41, 5.74) is -0.277. The lowest BCUT2D eigenvalue weighted by Crippen LogP contribution is -2.35. The maximum absolute atomic E-state index is 12.3. The lowest BCUT2D eigenvalue weighted by atomic mass is 9.72. The molecule has 2 nitrogen and oxygen atoms in total.